The molecule has 1 aromatic carbocycles. The molecule has 1 N–H and O–H groups in total. The van der Waals surface area contributed by atoms with E-state index in [1.807, 2.05) is 0 Å². The van der Waals surface area contributed by atoms with Crippen LogP contribution in [0.25, 0.3) is 0 Å². The molecule has 0 atom stereocenters. The van der Waals surface area contributed by atoms with Crippen LogP contribution >= 0.6 is 0 Å². The predicted molar refractivity (Wildman–Crippen MR) is 47.2 cm³/mol. The van der Waals surface area contributed by atoms with Gasteiger partial charge < -0.3 is 4.74 Å². The zero-order valence-corrected chi connectivity index (χ0v) is 8.52. The van der Waals surface area contributed by atoms with Crippen molar-refractivity contribution in [3.63, 3.8) is 0 Å². The Bertz CT molecular complexity index is 524. The molecule has 0 radical (unpaired) electrons. The van der Waals surface area contributed by atoms with Crippen molar-refractivity contribution in [3.8, 4) is 5.75 Å². The van der Waals surface area contributed by atoms with Crippen LogP contribution in [-0.2, 0) is 16.6 Å². The van der Waals surface area contributed by atoms with Gasteiger partial charge in [0.15, 0.2) is 0 Å². The van der Waals surface area contributed by atoms with Crippen molar-refractivity contribution in [1.82, 2.24) is 4.72 Å². The van der Waals surface area contributed by atoms with E-state index in [4.69, 9.17) is 0 Å². The summed E-state index contributed by atoms with van der Waals surface area (Å²) in [5.74, 6) is -0.543. The van der Waals surface area contributed by atoms with Gasteiger partial charge in [-0.2, -0.15) is 0 Å². The van der Waals surface area contributed by atoms with E-state index in [0.29, 0.717) is 5.56 Å². The van der Waals surface area contributed by atoms with Crippen LogP contribution in [0.1, 0.15) is 5.56 Å². The van der Waals surface area contributed by atoms with E-state index < -0.39 is 22.1 Å². The standard InChI is InChI=1S/C8H6F3NO3S/c9-8(10,11)15-6-2-1-5-4-12-16(13,14)7(5)3-6/h1-3,12H,4H2. The molecule has 0 aliphatic carbocycles. The summed E-state index contributed by atoms with van der Waals surface area (Å²) in [6.07, 6.45) is -4.83. The van der Waals surface area contributed by atoms with Crippen LogP contribution < -0.4 is 9.46 Å². The highest BCUT2D eigenvalue weighted by Gasteiger charge is 2.33. The summed E-state index contributed by atoms with van der Waals surface area (Å²) in [6, 6.07) is 3.22. The van der Waals surface area contributed by atoms with Gasteiger partial charge in [0.2, 0.25) is 10.0 Å². The maximum absolute atomic E-state index is 11.9. The zero-order valence-electron chi connectivity index (χ0n) is 7.71. The van der Waals surface area contributed by atoms with Crippen LogP contribution in [0.4, 0.5) is 13.2 Å². The molecule has 0 bridgehead atoms. The number of hydrogen-bond acceptors (Lipinski definition) is 3. The molecule has 1 aliphatic heterocycles. The predicted octanol–water partition coefficient (Wildman–Crippen LogP) is 1.38. The Morgan fingerprint density at radius 3 is 2.62 bits per heavy atom. The summed E-state index contributed by atoms with van der Waals surface area (Å²) in [5.41, 5.74) is 0.425. The molecule has 0 fully saturated rings. The molecule has 4 nitrogen and oxygen atoms in total. The fourth-order valence-corrected chi connectivity index (χ4v) is 2.64. The second kappa shape index (κ2) is 3.36. The summed E-state index contributed by atoms with van der Waals surface area (Å²) in [7, 11) is -3.68. The largest absolute Gasteiger partial charge is 0.573 e. The first-order valence-electron chi connectivity index (χ1n) is 4.16. The summed E-state index contributed by atoms with van der Waals surface area (Å²) < 4.78 is 64.2. The molecular weight excluding hydrogens is 247 g/mol. The average molecular weight is 253 g/mol. The highest BCUT2D eigenvalue weighted by Crippen LogP contribution is 2.29. The highest BCUT2D eigenvalue weighted by atomic mass is 32.2. The van der Waals surface area contributed by atoms with Gasteiger partial charge in [-0.1, -0.05) is 6.07 Å². The molecule has 0 unspecified atom stereocenters. The molecule has 8 heteroatoms. The lowest BCUT2D eigenvalue weighted by Gasteiger charge is -2.09. The van der Waals surface area contributed by atoms with Crippen molar-refractivity contribution in [1.29, 1.82) is 0 Å². The summed E-state index contributed by atoms with van der Waals surface area (Å²) in [4.78, 5) is -0.172. The van der Waals surface area contributed by atoms with Crippen LogP contribution in [0.2, 0.25) is 0 Å². The third-order valence-electron chi connectivity index (χ3n) is 2.01. The van der Waals surface area contributed by atoms with Gasteiger partial charge in [0.25, 0.3) is 0 Å². The van der Waals surface area contributed by atoms with Crippen LogP contribution in [0.15, 0.2) is 23.1 Å². The molecule has 2 rings (SSSR count). The van der Waals surface area contributed by atoms with E-state index in [2.05, 4.69) is 9.46 Å². The van der Waals surface area contributed by atoms with Crippen molar-refractivity contribution in [2.75, 3.05) is 0 Å². The lowest BCUT2D eigenvalue weighted by molar-refractivity contribution is -0.274. The lowest BCUT2D eigenvalue weighted by Crippen LogP contribution is -2.17. The summed E-state index contributed by atoms with van der Waals surface area (Å²) in [6.45, 7) is 0.0873. The molecule has 1 heterocycles. The van der Waals surface area contributed by atoms with Crippen molar-refractivity contribution < 1.29 is 26.3 Å². The first kappa shape index (κ1) is 11.2. The second-order valence-electron chi connectivity index (χ2n) is 3.14. The van der Waals surface area contributed by atoms with Crippen LogP contribution in [0, 0.1) is 0 Å². The van der Waals surface area contributed by atoms with Crippen LogP contribution in [-0.4, -0.2) is 14.8 Å². The molecule has 0 amide bonds. The Morgan fingerprint density at radius 1 is 1.31 bits per heavy atom. The van der Waals surface area contributed by atoms with Gasteiger partial charge in [-0.15, -0.1) is 13.2 Å². The number of hydrogen-bond donors (Lipinski definition) is 1. The van der Waals surface area contributed by atoms with Gasteiger partial charge in [0.1, 0.15) is 5.75 Å². The Morgan fingerprint density at radius 2 is 2.00 bits per heavy atom. The highest BCUT2D eigenvalue weighted by molar-refractivity contribution is 7.89. The number of alkyl halides is 3. The number of fused-ring (bicyclic) bond motifs is 1. The minimum Gasteiger partial charge on any atom is -0.406 e. The summed E-state index contributed by atoms with van der Waals surface area (Å²) >= 11 is 0. The number of rotatable bonds is 1. The molecule has 16 heavy (non-hydrogen) atoms. The van der Waals surface area contributed by atoms with Crippen molar-refractivity contribution >= 4 is 10.0 Å². The quantitative estimate of drug-likeness (QED) is 0.822. The average Bonchev–Trinajstić information content (AvgIpc) is 2.40. The molecule has 0 saturated carbocycles. The molecule has 88 valence electrons. The Kier molecular flexibility index (Phi) is 2.35. The van der Waals surface area contributed by atoms with Crippen LogP contribution in [0.5, 0.6) is 5.75 Å². The molecule has 0 spiro atoms. The topological polar surface area (TPSA) is 55.4 Å². The third kappa shape index (κ3) is 2.12. The third-order valence-corrected chi connectivity index (χ3v) is 3.50. The molecule has 0 saturated heterocycles. The van der Waals surface area contributed by atoms with Gasteiger partial charge >= 0.3 is 6.36 Å². The Hall–Kier alpha value is -1.28. The molecule has 1 aromatic rings. The van der Waals surface area contributed by atoms with Gasteiger partial charge in [0.05, 0.1) is 4.90 Å². The minimum absolute atomic E-state index is 0.0873. The molecule has 0 aromatic heterocycles. The van der Waals surface area contributed by atoms with Crippen LogP contribution in [0.3, 0.4) is 0 Å². The van der Waals surface area contributed by atoms with Gasteiger partial charge in [0, 0.05) is 12.6 Å². The van der Waals surface area contributed by atoms with Gasteiger partial charge in [-0.25, -0.2) is 13.1 Å². The van der Waals surface area contributed by atoms with E-state index in [1.165, 1.54) is 6.07 Å². The van der Waals surface area contributed by atoms with Gasteiger partial charge in [-0.05, 0) is 11.6 Å². The maximum Gasteiger partial charge on any atom is 0.573 e. The fourth-order valence-electron chi connectivity index (χ4n) is 1.38. The summed E-state index contributed by atoms with van der Waals surface area (Å²) in [5, 5.41) is 0. The Balaban J connectivity index is 2.40. The van der Waals surface area contributed by atoms with E-state index in [9.17, 15) is 21.6 Å². The van der Waals surface area contributed by atoms with Crippen molar-refractivity contribution in [3.05, 3.63) is 23.8 Å². The normalized spacial score (nSPS) is 18.2. The second-order valence-corrected chi connectivity index (χ2v) is 4.88. The fraction of sp³-hybridized carbons (Fsp3) is 0.250. The van der Waals surface area contributed by atoms with E-state index in [-0.39, 0.29) is 11.4 Å². The van der Waals surface area contributed by atoms with E-state index in [0.717, 1.165) is 12.1 Å². The van der Waals surface area contributed by atoms with E-state index in [1.54, 1.807) is 0 Å². The number of halogens is 3. The number of benzene rings is 1. The number of sulfonamides is 1. The number of nitrogens with one attached hydrogen (secondary N) is 1. The Labute approximate surface area is 89.1 Å². The zero-order chi connectivity index (χ0) is 12.0. The smallest absolute Gasteiger partial charge is 0.406 e. The molecular formula is C8H6F3NO3S. The maximum atomic E-state index is 11.9. The van der Waals surface area contributed by atoms with Crippen molar-refractivity contribution in [2.45, 2.75) is 17.8 Å². The van der Waals surface area contributed by atoms with E-state index >= 15 is 0 Å². The number of ether oxygens (including phenoxy) is 1. The van der Waals surface area contributed by atoms with Gasteiger partial charge in [-0.3, -0.25) is 0 Å². The first-order chi connectivity index (χ1) is 7.28. The van der Waals surface area contributed by atoms with Crippen molar-refractivity contribution in [2.24, 2.45) is 0 Å². The molecule has 1 aliphatic rings. The lowest BCUT2D eigenvalue weighted by atomic mass is 10.2. The SMILES string of the molecule is O=S1(=O)NCc2ccc(OC(F)(F)F)cc21. The minimum atomic E-state index is -4.83. The monoisotopic (exact) mass is 253 g/mol. The first-order valence-corrected chi connectivity index (χ1v) is 5.65.